The van der Waals surface area contributed by atoms with E-state index < -0.39 is 15.9 Å². The van der Waals surface area contributed by atoms with Gasteiger partial charge in [-0.2, -0.15) is 0 Å². The highest BCUT2D eigenvalue weighted by molar-refractivity contribution is 7.89. The highest BCUT2D eigenvalue weighted by atomic mass is 32.2. The van der Waals surface area contributed by atoms with Gasteiger partial charge in [-0.25, -0.2) is 23.5 Å². The number of nitrogens with zero attached hydrogens (tertiary/aromatic N) is 2. The van der Waals surface area contributed by atoms with Crippen molar-refractivity contribution in [1.82, 2.24) is 15.3 Å². The Hall–Kier alpha value is -1.74. The Balaban J connectivity index is 2.40. The van der Waals surface area contributed by atoms with Gasteiger partial charge in [0.15, 0.2) is 0 Å². The van der Waals surface area contributed by atoms with Gasteiger partial charge in [0.05, 0.1) is 18.1 Å². The Morgan fingerprint density at radius 2 is 2.11 bits per heavy atom. The van der Waals surface area contributed by atoms with E-state index in [-0.39, 0.29) is 24.4 Å². The molecule has 1 heterocycles. The van der Waals surface area contributed by atoms with Gasteiger partial charge in [0.2, 0.25) is 10.0 Å². The molecule has 1 rings (SSSR count). The van der Waals surface area contributed by atoms with Gasteiger partial charge in [-0.05, 0) is 6.42 Å². The predicted molar refractivity (Wildman–Crippen MR) is 66.5 cm³/mol. The minimum atomic E-state index is -3.48. The Morgan fingerprint density at radius 3 is 2.61 bits per heavy atom. The molecule has 9 heteroatoms. The molecule has 0 aliphatic rings. The number of sulfonamides is 1. The van der Waals surface area contributed by atoms with Crippen LogP contribution in [0.25, 0.3) is 0 Å². The molecule has 4 N–H and O–H groups in total. The molecule has 0 saturated heterocycles. The van der Waals surface area contributed by atoms with Gasteiger partial charge < -0.3 is 10.6 Å². The Morgan fingerprint density at radius 1 is 1.39 bits per heavy atom. The zero-order valence-electron chi connectivity index (χ0n) is 9.88. The fraction of sp³-hybridized carbons (Fsp3) is 0.444. The monoisotopic (exact) mass is 273 g/mol. The van der Waals surface area contributed by atoms with Crippen LogP contribution in [-0.4, -0.2) is 43.6 Å². The first kappa shape index (κ1) is 14.3. The van der Waals surface area contributed by atoms with Crippen molar-refractivity contribution in [3.05, 3.63) is 18.1 Å². The van der Waals surface area contributed by atoms with E-state index in [1.807, 2.05) is 0 Å². The maximum Gasteiger partial charge on any atom is 0.271 e. The molecule has 0 unspecified atom stereocenters. The Bertz CT molecular complexity index is 499. The van der Waals surface area contributed by atoms with Crippen LogP contribution >= 0.6 is 0 Å². The number of primary sulfonamides is 1. The van der Waals surface area contributed by atoms with E-state index in [4.69, 9.17) is 5.14 Å². The second-order valence-corrected chi connectivity index (χ2v) is 5.25. The van der Waals surface area contributed by atoms with E-state index in [0.717, 1.165) is 0 Å². The number of aromatic nitrogens is 2. The maximum absolute atomic E-state index is 11.6. The molecule has 8 nitrogen and oxygen atoms in total. The molecule has 1 aromatic rings. The molecule has 0 bridgehead atoms. The molecule has 0 fully saturated rings. The largest absolute Gasteiger partial charge is 0.372 e. The lowest BCUT2D eigenvalue weighted by atomic mass is 10.4. The normalized spacial score (nSPS) is 11.0. The number of rotatable bonds is 6. The second-order valence-electron chi connectivity index (χ2n) is 3.51. The van der Waals surface area contributed by atoms with Gasteiger partial charge >= 0.3 is 0 Å². The van der Waals surface area contributed by atoms with Crippen molar-refractivity contribution in [2.75, 3.05) is 24.7 Å². The number of nitrogens with two attached hydrogens (primary N) is 1. The van der Waals surface area contributed by atoms with Crippen molar-refractivity contribution in [1.29, 1.82) is 0 Å². The van der Waals surface area contributed by atoms with Crippen molar-refractivity contribution in [3.8, 4) is 0 Å². The minimum absolute atomic E-state index is 0.169. The Labute approximate surface area is 105 Å². The van der Waals surface area contributed by atoms with E-state index in [1.54, 1.807) is 7.05 Å². The van der Waals surface area contributed by atoms with Crippen LogP contribution in [0.5, 0.6) is 0 Å². The standard InChI is InChI=1S/C9H15N5O3S/c1-11-8-6-13-7(5-14-8)9(15)12-3-2-4-18(10,16)17/h5-6H,2-4H2,1H3,(H,11,14)(H,12,15)(H2,10,16,17). The van der Waals surface area contributed by atoms with Crippen molar-refractivity contribution in [2.45, 2.75) is 6.42 Å². The first-order valence-electron chi connectivity index (χ1n) is 5.21. The summed E-state index contributed by atoms with van der Waals surface area (Å²) < 4.78 is 21.3. The average molecular weight is 273 g/mol. The van der Waals surface area contributed by atoms with Crippen molar-refractivity contribution < 1.29 is 13.2 Å². The zero-order valence-corrected chi connectivity index (χ0v) is 10.7. The maximum atomic E-state index is 11.6. The molecule has 0 aromatic carbocycles. The molecular weight excluding hydrogens is 258 g/mol. The third kappa shape index (κ3) is 5.06. The third-order valence-corrected chi connectivity index (χ3v) is 2.89. The van der Waals surface area contributed by atoms with Gasteiger partial charge in [-0.1, -0.05) is 0 Å². The van der Waals surface area contributed by atoms with E-state index in [1.165, 1.54) is 12.4 Å². The van der Waals surface area contributed by atoms with Crippen LogP contribution in [0.2, 0.25) is 0 Å². The average Bonchev–Trinajstić information content (AvgIpc) is 2.33. The molecule has 18 heavy (non-hydrogen) atoms. The van der Waals surface area contributed by atoms with E-state index >= 15 is 0 Å². The molecule has 1 aromatic heterocycles. The summed E-state index contributed by atoms with van der Waals surface area (Å²) in [5, 5.41) is 10.1. The Kier molecular flexibility index (Phi) is 4.98. The summed E-state index contributed by atoms with van der Waals surface area (Å²) in [5.41, 5.74) is 0.171. The van der Waals surface area contributed by atoms with Crippen molar-refractivity contribution in [3.63, 3.8) is 0 Å². The van der Waals surface area contributed by atoms with Gasteiger partial charge in [0.25, 0.3) is 5.91 Å². The van der Waals surface area contributed by atoms with E-state index in [2.05, 4.69) is 20.6 Å². The molecule has 0 radical (unpaired) electrons. The second kappa shape index (κ2) is 6.26. The van der Waals surface area contributed by atoms with Crippen LogP contribution in [0, 0.1) is 0 Å². The molecule has 0 saturated carbocycles. The number of carbonyl (C=O) groups excluding carboxylic acids is 1. The fourth-order valence-electron chi connectivity index (χ4n) is 1.14. The summed E-state index contributed by atoms with van der Waals surface area (Å²) >= 11 is 0. The van der Waals surface area contributed by atoms with Gasteiger partial charge in [0.1, 0.15) is 11.5 Å². The smallest absolute Gasteiger partial charge is 0.271 e. The highest BCUT2D eigenvalue weighted by Crippen LogP contribution is 1.99. The van der Waals surface area contributed by atoms with Crippen molar-refractivity contribution >= 4 is 21.7 Å². The quantitative estimate of drug-likeness (QED) is 0.566. The molecule has 0 aliphatic heterocycles. The summed E-state index contributed by atoms with van der Waals surface area (Å²) in [6.45, 7) is 0.213. The van der Waals surface area contributed by atoms with Gasteiger partial charge in [-0.15, -0.1) is 0 Å². The molecular formula is C9H15N5O3S. The number of nitrogens with one attached hydrogen (secondary N) is 2. The lowest BCUT2D eigenvalue weighted by Crippen LogP contribution is -2.28. The highest BCUT2D eigenvalue weighted by Gasteiger charge is 2.08. The SMILES string of the molecule is CNc1cnc(C(=O)NCCCS(N)(=O)=O)cn1. The fourth-order valence-corrected chi connectivity index (χ4v) is 1.69. The predicted octanol–water partition coefficient (Wildman–Crippen LogP) is -1.07. The van der Waals surface area contributed by atoms with Gasteiger partial charge in [0, 0.05) is 13.6 Å². The van der Waals surface area contributed by atoms with Crippen molar-refractivity contribution in [2.24, 2.45) is 5.14 Å². The summed E-state index contributed by atoms with van der Waals surface area (Å²) in [7, 11) is -1.79. The minimum Gasteiger partial charge on any atom is -0.372 e. The molecule has 1 amide bonds. The summed E-state index contributed by atoms with van der Waals surface area (Å²) in [5.74, 6) is -0.0159. The van der Waals surface area contributed by atoms with Crippen LogP contribution in [-0.2, 0) is 10.0 Å². The molecule has 0 aliphatic carbocycles. The zero-order chi connectivity index (χ0) is 13.6. The molecule has 0 atom stereocenters. The molecule has 100 valence electrons. The summed E-state index contributed by atoms with van der Waals surface area (Å²) in [4.78, 5) is 19.4. The number of hydrogen-bond donors (Lipinski definition) is 3. The lowest BCUT2D eigenvalue weighted by Gasteiger charge is -2.04. The number of amides is 1. The van der Waals surface area contributed by atoms with Crippen LogP contribution in [0.1, 0.15) is 16.9 Å². The third-order valence-electron chi connectivity index (χ3n) is 2.03. The van der Waals surface area contributed by atoms with E-state index in [0.29, 0.717) is 5.82 Å². The van der Waals surface area contributed by atoms with Crippen LogP contribution < -0.4 is 15.8 Å². The number of anilines is 1. The first-order chi connectivity index (χ1) is 8.42. The lowest BCUT2D eigenvalue weighted by molar-refractivity contribution is 0.0948. The van der Waals surface area contributed by atoms with Crippen LogP contribution in [0.3, 0.4) is 0 Å². The van der Waals surface area contributed by atoms with Crippen LogP contribution in [0.4, 0.5) is 5.82 Å². The first-order valence-corrected chi connectivity index (χ1v) is 6.92. The molecule has 0 spiro atoms. The number of hydrogen-bond acceptors (Lipinski definition) is 6. The topological polar surface area (TPSA) is 127 Å². The number of carbonyl (C=O) groups is 1. The van der Waals surface area contributed by atoms with Crippen LogP contribution in [0.15, 0.2) is 12.4 Å². The van der Waals surface area contributed by atoms with Gasteiger partial charge in [-0.3, -0.25) is 4.79 Å². The summed E-state index contributed by atoms with van der Waals surface area (Å²) in [6.07, 6.45) is 3.02. The van der Waals surface area contributed by atoms with E-state index in [9.17, 15) is 13.2 Å². The summed E-state index contributed by atoms with van der Waals surface area (Å²) in [6, 6.07) is 0.